The second-order valence-corrected chi connectivity index (χ2v) is 8.23. The number of rotatable bonds is 8. The molecule has 1 aromatic rings. The van der Waals surface area contributed by atoms with E-state index in [9.17, 15) is 0 Å². The number of ether oxygens (including phenoxy) is 1. The first-order valence-electron chi connectivity index (χ1n) is 10.4. The van der Waals surface area contributed by atoms with E-state index >= 15 is 0 Å². The molecule has 6 nitrogen and oxygen atoms in total. The maximum Gasteiger partial charge on any atom is 0.213 e. The number of nitrogens with zero attached hydrogens (tertiary/aromatic N) is 3. The molecule has 1 saturated heterocycles. The first-order chi connectivity index (χ1) is 13.0. The van der Waals surface area contributed by atoms with Crippen LogP contribution in [-0.2, 0) is 6.54 Å². The van der Waals surface area contributed by atoms with Crippen LogP contribution in [0.15, 0.2) is 23.3 Å². The van der Waals surface area contributed by atoms with Crippen LogP contribution in [0.5, 0.6) is 5.88 Å². The van der Waals surface area contributed by atoms with E-state index in [4.69, 9.17) is 9.73 Å². The Balaban J connectivity index is 0.00000280. The van der Waals surface area contributed by atoms with Crippen molar-refractivity contribution in [3.63, 3.8) is 0 Å². The number of aliphatic imine (C=N–C) groups is 1. The molecule has 2 aliphatic rings. The van der Waals surface area contributed by atoms with Gasteiger partial charge in [-0.15, -0.1) is 24.0 Å². The molecule has 0 radical (unpaired) electrons. The Morgan fingerprint density at radius 2 is 2.14 bits per heavy atom. The number of halogens is 1. The molecule has 0 bridgehead atoms. The van der Waals surface area contributed by atoms with Gasteiger partial charge in [-0.2, -0.15) is 0 Å². The molecule has 1 aliphatic heterocycles. The molecular formula is C21H36IN5O. The van der Waals surface area contributed by atoms with Gasteiger partial charge in [-0.1, -0.05) is 6.92 Å². The fourth-order valence-corrected chi connectivity index (χ4v) is 3.40. The topological polar surface area (TPSA) is 61.8 Å². The van der Waals surface area contributed by atoms with Gasteiger partial charge < -0.3 is 15.4 Å². The fourth-order valence-electron chi connectivity index (χ4n) is 3.40. The van der Waals surface area contributed by atoms with Gasteiger partial charge in [-0.3, -0.25) is 4.90 Å². The van der Waals surface area contributed by atoms with E-state index in [-0.39, 0.29) is 24.0 Å². The maximum absolute atomic E-state index is 5.78. The van der Waals surface area contributed by atoms with E-state index < -0.39 is 0 Å². The van der Waals surface area contributed by atoms with Crippen molar-refractivity contribution >= 4 is 29.9 Å². The molecule has 2 fully saturated rings. The van der Waals surface area contributed by atoms with Crippen LogP contribution in [-0.4, -0.2) is 54.2 Å². The number of nitrogens with one attached hydrogen (secondary N) is 2. The average molecular weight is 501 g/mol. The predicted octanol–water partition coefficient (Wildman–Crippen LogP) is 3.27. The van der Waals surface area contributed by atoms with Gasteiger partial charge >= 0.3 is 0 Å². The van der Waals surface area contributed by atoms with Crippen LogP contribution in [0.4, 0.5) is 0 Å². The summed E-state index contributed by atoms with van der Waals surface area (Å²) in [7, 11) is 0. The van der Waals surface area contributed by atoms with Crippen LogP contribution in [0.2, 0.25) is 0 Å². The Morgan fingerprint density at radius 1 is 1.36 bits per heavy atom. The van der Waals surface area contributed by atoms with Crippen molar-refractivity contribution in [2.45, 2.75) is 59.2 Å². The summed E-state index contributed by atoms with van der Waals surface area (Å²) in [6.45, 7) is 13.4. The normalized spacial score (nSPS) is 22.8. The van der Waals surface area contributed by atoms with Gasteiger partial charge in [-0.25, -0.2) is 9.98 Å². The van der Waals surface area contributed by atoms with Crippen LogP contribution in [0.25, 0.3) is 0 Å². The lowest BCUT2D eigenvalue weighted by molar-refractivity contribution is 0.265. The lowest BCUT2D eigenvalue weighted by Gasteiger charge is -2.22. The van der Waals surface area contributed by atoms with Crippen LogP contribution in [0.3, 0.4) is 0 Å². The lowest BCUT2D eigenvalue weighted by atomic mass is 10.1. The van der Waals surface area contributed by atoms with Crippen LogP contribution in [0.1, 0.15) is 46.1 Å². The Kier molecular flexibility index (Phi) is 9.27. The summed E-state index contributed by atoms with van der Waals surface area (Å²) in [4.78, 5) is 11.6. The monoisotopic (exact) mass is 501 g/mol. The highest BCUT2D eigenvalue weighted by molar-refractivity contribution is 14.0. The number of aromatic nitrogens is 1. The first-order valence-corrected chi connectivity index (χ1v) is 10.4. The zero-order valence-electron chi connectivity index (χ0n) is 17.6. The minimum Gasteiger partial charge on any atom is -0.477 e. The maximum atomic E-state index is 5.78. The van der Waals surface area contributed by atoms with Crippen molar-refractivity contribution in [2.75, 3.05) is 26.2 Å². The minimum absolute atomic E-state index is 0. The van der Waals surface area contributed by atoms with Gasteiger partial charge in [0.05, 0.1) is 13.2 Å². The lowest BCUT2D eigenvalue weighted by Crippen LogP contribution is -2.46. The van der Waals surface area contributed by atoms with E-state index in [2.05, 4.69) is 48.2 Å². The van der Waals surface area contributed by atoms with E-state index in [0.29, 0.717) is 30.4 Å². The molecule has 0 aromatic carbocycles. The van der Waals surface area contributed by atoms with Crippen molar-refractivity contribution in [2.24, 2.45) is 16.8 Å². The molecule has 1 aromatic heterocycles. The molecular weight excluding hydrogens is 465 g/mol. The zero-order chi connectivity index (χ0) is 19.2. The molecule has 2 N–H and O–H groups in total. The van der Waals surface area contributed by atoms with Crippen LogP contribution in [0, 0.1) is 11.8 Å². The Bertz CT molecular complexity index is 635. The van der Waals surface area contributed by atoms with E-state index in [1.54, 1.807) is 0 Å². The van der Waals surface area contributed by atoms with Crippen molar-refractivity contribution in [3.05, 3.63) is 23.9 Å². The molecule has 28 heavy (non-hydrogen) atoms. The third-order valence-corrected chi connectivity index (χ3v) is 5.42. The molecule has 2 unspecified atom stereocenters. The molecule has 0 amide bonds. The Hall–Kier alpha value is -1.09. The van der Waals surface area contributed by atoms with Gasteiger partial charge in [0, 0.05) is 44.0 Å². The van der Waals surface area contributed by atoms with E-state index in [0.717, 1.165) is 43.7 Å². The van der Waals surface area contributed by atoms with Crippen LogP contribution < -0.4 is 15.4 Å². The molecule has 3 rings (SSSR count). The predicted molar refractivity (Wildman–Crippen MR) is 125 cm³/mol. The van der Waals surface area contributed by atoms with Crippen molar-refractivity contribution < 1.29 is 4.74 Å². The summed E-state index contributed by atoms with van der Waals surface area (Å²) in [5.41, 5.74) is 1.12. The summed E-state index contributed by atoms with van der Waals surface area (Å²) < 4.78 is 5.78. The van der Waals surface area contributed by atoms with E-state index in [1.807, 2.05) is 18.3 Å². The number of likely N-dealkylation sites (tertiary alicyclic amines) is 1. The minimum atomic E-state index is 0. The molecule has 158 valence electrons. The summed E-state index contributed by atoms with van der Waals surface area (Å²) in [5.74, 6) is 2.94. The molecule has 1 saturated carbocycles. The third kappa shape index (κ3) is 7.06. The number of hydrogen-bond acceptors (Lipinski definition) is 4. The van der Waals surface area contributed by atoms with Crippen LogP contribution >= 0.6 is 24.0 Å². The second kappa shape index (κ2) is 11.2. The molecule has 2 heterocycles. The second-order valence-electron chi connectivity index (χ2n) is 8.23. The largest absolute Gasteiger partial charge is 0.477 e. The van der Waals surface area contributed by atoms with Gasteiger partial charge in [0.2, 0.25) is 5.88 Å². The van der Waals surface area contributed by atoms with Gasteiger partial charge in [0.25, 0.3) is 0 Å². The SMILES string of the molecule is CCNC(=NCc1ccnc(OCC2CC2)c1)NC1CN(C(C)C)CC1C.I. The Labute approximate surface area is 186 Å². The summed E-state index contributed by atoms with van der Waals surface area (Å²) in [5, 5.41) is 7.02. The molecule has 2 atom stereocenters. The highest BCUT2D eigenvalue weighted by Gasteiger charge is 2.31. The quantitative estimate of drug-likeness (QED) is 0.325. The number of hydrogen-bond donors (Lipinski definition) is 2. The summed E-state index contributed by atoms with van der Waals surface area (Å²) in [6, 6.07) is 5.04. The van der Waals surface area contributed by atoms with Crippen molar-refractivity contribution in [1.82, 2.24) is 20.5 Å². The zero-order valence-corrected chi connectivity index (χ0v) is 20.0. The summed E-state index contributed by atoms with van der Waals surface area (Å²) >= 11 is 0. The van der Waals surface area contributed by atoms with Crippen molar-refractivity contribution in [3.8, 4) is 5.88 Å². The van der Waals surface area contributed by atoms with Gasteiger partial charge in [-0.05, 0) is 57.1 Å². The van der Waals surface area contributed by atoms with Crippen molar-refractivity contribution in [1.29, 1.82) is 0 Å². The highest BCUT2D eigenvalue weighted by atomic mass is 127. The Morgan fingerprint density at radius 3 is 2.79 bits per heavy atom. The van der Waals surface area contributed by atoms with Gasteiger partial charge in [0.1, 0.15) is 0 Å². The fraction of sp³-hybridized carbons (Fsp3) is 0.714. The highest BCUT2D eigenvalue weighted by Crippen LogP contribution is 2.29. The molecule has 7 heteroatoms. The first kappa shape index (κ1) is 23.2. The van der Waals surface area contributed by atoms with E-state index in [1.165, 1.54) is 12.8 Å². The number of guanidine groups is 1. The number of pyridine rings is 1. The average Bonchev–Trinajstić information content (AvgIpc) is 3.41. The van der Waals surface area contributed by atoms with Gasteiger partial charge in [0.15, 0.2) is 5.96 Å². The third-order valence-electron chi connectivity index (χ3n) is 5.42. The smallest absolute Gasteiger partial charge is 0.213 e. The molecule has 0 spiro atoms. The summed E-state index contributed by atoms with van der Waals surface area (Å²) in [6.07, 6.45) is 4.39. The standard InChI is InChI=1S/C21H35N5O.HI/c1-5-22-21(25-19-13-26(15(2)3)12-16(19)4)24-11-18-8-9-23-20(10-18)27-14-17-6-7-17;/h8-10,15-17,19H,5-7,11-14H2,1-4H3,(H2,22,24,25);1H. The molecule has 1 aliphatic carbocycles.